The van der Waals surface area contributed by atoms with Crippen molar-refractivity contribution >= 4 is 28.4 Å². The third-order valence-corrected chi connectivity index (χ3v) is 6.30. The van der Waals surface area contributed by atoms with Gasteiger partial charge in [0.25, 0.3) is 0 Å². The zero-order valence-electron chi connectivity index (χ0n) is 17.3. The lowest BCUT2D eigenvalue weighted by atomic mass is 9.89. The Balaban J connectivity index is 1.23. The van der Waals surface area contributed by atoms with Crippen molar-refractivity contribution in [2.45, 2.75) is 32.1 Å². The molecule has 3 aromatic rings. The first kappa shape index (κ1) is 21.7. The predicted octanol–water partition coefficient (Wildman–Crippen LogP) is 5.50. The summed E-state index contributed by atoms with van der Waals surface area (Å²) in [5.74, 6) is -0.199. The Hall–Kier alpha value is -2.50. The van der Waals surface area contributed by atoms with E-state index in [9.17, 15) is 14.0 Å². The van der Waals surface area contributed by atoms with E-state index in [1.165, 1.54) is 12.1 Å². The molecule has 162 valence electrons. The van der Waals surface area contributed by atoms with Crippen LogP contribution in [0.1, 0.15) is 41.6 Å². The van der Waals surface area contributed by atoms with Crippen LogP contribution in [-0.2, 0) is 6.42 Å². The Morgan fingerprint density at radius 1 is 1.10 bits per heavy atom. The Morgan fingerprint density at radius 2 is 1.84 bits per heavy atom. The van der Waals surface area contributed by atoms with Gasteiger partial charge in [-0.25, -0.2) is 4.39 Å². The van der Waals surface area contributed by atoms with Gasteiger partial charge in [-0.15, -0.1) is 0 Å². The predicted molar refractivity (Wildman–Crippen MR) is 120 cm³/mol. The van der Waals surface area contributed by atoms with E-state index >= 15 is 0 Å². The number of Topliss-reactive ketones (excluding diaryl/α,β-unsaturated/α-hetero) is 1. The maximum atomic E-state index is 13.1. The molecule has 1 aromatic heterocycles. The van der Waals surface area contributed by atoms with Gasteiger partial charge in [0.15, 0.2) is 11.2 Å². The number of rotatable bonds is 7. The average Bonchev–Trinajstić information content (AvgIpc) is 2.79. The highest BCUT2D eigenvalue weighted by Gasteiger charge is 2.25. The molecule has 0 bridgehead atoms. The number of aryl methyl sites for hydroxylation is 1. The lowest BCUT2D eigenvalue weighted by Gasteiger charge is -2.31. The fourth-order valence-electron chi connectivity index (χ4n) is 4.24. The van der Waals surface area contributed by atoms with Gasteiger partial charge in [-0.3, -0.25) is 9.59 Å². The summed E-state index contributed by atoms with van der Waals surface area (Å²) in [6.07, 6.45) is 5.75. The van der Waals surface area contributed by atoms with Crippen LogP contribution in [0.4, 0.5) is 4.39 Å². The molecule has 0 N–H and O–H groups in total. The van der Waals surface area contributed by atoms with Crippen molar-refractivity contribution in [2.24, 2.45) is 5.92 Å². The molecular weight excluding hydrogens is 417 g/mol. The van der Waals surface area contributed by atoms with E-state index in [1.807, 2.05) is 0 Å². The molecule has 0 saturated carbocycles. The van der Waals surface area contributed by atoms with Crippen LogP contribution in [0.5, 0.6) is 0 Å². The molecule has 4 rings (SSSR count). The molecule has 1 fully saturated rings. The van der Waals surface area contributed by atoms with Crippen molar-refractivity contribution in [1.82, 2.24) is 4.90 Å². The molecule has 0 radical (unpaired) electrons. The summed E-state index contributed by atoms with van der Waals surface area (Å²) in [7, 11) is 0. The van der Waals surface area contributed by atoms with Crippen LogP contribution in [0.15, 0.2) is 57.9 Å². The summed E-state index contributed by atoms with van der Waals surface area (Å²) in [5.41, 5.74) is 1.81. The first-order valence-electron chi connectivity index (χ1n) is 10.7. The number of hydrogen-bond acceptors (Lipinski definition) is 4. The molecular formula is C25H25ClFNO3. The maximum Gasteiger partial charge on any atom is 0.195 e. The second-order valence-corrected chi connectivity index (χ2v) is 8.61. The molecule has 31 heavy (non-hydrogen) atoms. The number of halogens is 2. The maximum absolute atomic E-state index is 13.1. The van der Waals surface area contributed by atoms with Crippen molar-refractivity contribution in [1.29, 1.82) is 0 Å². The van der Waals surface area contributed by atoms with Gasteiger partial charge >= 0.3 is 0 Å². The van der Waals surface area contributed by atoms with E-state index in [0.717, 1.165) is 45.3 Å². The van der Waals surface area contributed by atoms with Gasteiger partial charge in [-0.2, -0.15) is 0 Å². The van der Waals surface area contributed by atoms with E-state index in [-0.39, 0.29) is 22.9 Å². The topological polar surface area (TPSA) is 50.5 Å². The summed E-state index contributed by atoms with van der Waals surface area (Å²) in [6.45, 7) is 2.71. The molecule has 1 saturated heterocycles. The number of fused-ring (bicyclic) bond motifs is 1. The largest absolute Gasteiger partial charge is 0.464 e. The Labute approximate surface area is 185 Å². The Bertz CT molecular complexity index is 1120. The van der Waals surface area contributed by atoms with E-state index in [0.29, 0.717) is 33.5 Å². The molecule has 0 spiro atoms. The van der Waals surface area contributed by atoms with Crippen molar-refractivity contribution in [2.75, 3.05) is 19.6 Å². The number of hydrogen-bond donors (Lipinski definition) is 0. The van der Waals surface area contributed by atoms with Crippen molar-refractivity contribution in [3.8, 4) is 0 Å². The molecule has 4 nitrogen and oxygen atoms in total. The number of likely N-dealkylation sites (tertiary alicyclic amines) is 1. The van der Waals surface area contributed by atoms with E-state index in [2.05, 4.69) is 4.90 Å². The molecule has 2 aromatic carbocycles. The highest BCUT2D eigenvalue weighted by molar-refractivity contribution is 6.31. The van der Waals surface area contributed by atoms with Gasteiger partial charge in [-0.05, 0) is 94.2 Å². The number of ketones is 1. The van der Waals surface area contributed by atoms with Gasteiger partial charge in [0.05, 0.1) is 11.6 Å². The van der Waals surface area contributed by atoms with Crippen molar-refractivity contribution in [3.05, 3.63) is 80.9 Å². The zero-order valence-corrected chi connectivity index (χ0v) is 18.0. The summed E-state index contributed by atoms with van der Waals surface area (Å²) < 4.78 is 18.6. The fraction of sp³-hybridized carbons (Fsp3) is 0.360. The van der Waals surface area contributed by atoms with Gasteiger partial charge < -0.3 is 9.32 Å². The normalized spacial score (nSPS) is 15.4. The van der Waals surface area contributed by atoms with Gasteiger partial charge in [0.1, 0.15) is 11.4 Å². The molecule has 6 heteroatoms. The van der Waals surface area contributed by atoms with Crippen LogP contribution >= 0.6 is 11.6 Å². The molecule has 0 atom stereocenters. The number of carbonyl (C=O) groups excluding carboxylic acids is 1. The summed E-state index contributed by atoms with van der Waals surface area (Å²) >= 11 is 6.00. The molecule has 2 heterocycles. The van der Waals surface area contributed by atoms with Crippen LogP contribution in [0.3, 0.4) is 0 Å². The SMILES string of the molecule is O=C(c1ccc(F)cc1)C1CCN(CCCCc2coc3ccc(Cl)cc3c2=O)CC1. The number of benzene rings is 2. The fourth-order valence-corrected chi connectivity index (χ4v) is 4.41. The summed E-state index contributed by atoms with van der Waals surface area (Å²) in [6, 6.07) is 10.9. The quantitative estimate of drug-likeness (QED) is 0.358. The minimum atomic E-state index is -0.323. The third-order valence-electron chi connectivity index (χ3n) is 6.06. The summed E-state index contributed by atoms with van der Waals surface area (Å²) in [5, 5.41) is 1.05. The van der Waals surface area contributed by atoms with Crippen molar-refractivity contribution < 1.29 is 13.6 Å². The van der Waals surface area contributed by atoms with Crippen molar-refractivity contribution in [3.63, 3.8) is 0 Å². The number of piperidine rings is 1. The second-order valence-electron chi connectivity index (χ2n) is 8.17. The minimum absolute atomic E-state index is 0.00997. The third kappa shape index (κ3) is 5.23. The van der Waals surface area contributed by atoms with Crippen LogP contribution < -0.4 is 5.43 Å². The lowest BCUT2D eigenvalue weighted by Crippen LogP contribution is -2.37. The number of nitrogens with zero attached hydrogens (tertiary/aromatic N) is 1. The molecule has 0 aliphatic carbocycles. The highest BCUT2D eigenvalue weighted by atomic mass is 35.5. The van der Waals surface area contributed by atoms with Gasteiger partial charge in [-0.1, -0.05) is 11.6 Å². The molecule has 1 aliphatic heterocycles. The molecule has 1 aliphatic rings. The molecule has 0 unspecified atom stereocenters. The van der Waals surface area contributed by atoms with Gasteiger partial charge in [0, 0.05) is 22.1 Å². The first-order valence-corrected chi connectivity index (χ1v) is 11.1. The monoisotopic (exact) mass is 441 g/mol. The molecule has 0 amide bonds. The number of carbonyl (C=O) groups is 1. The number of unbranched alkanes of at least 4 members (excludes halogenated alkanes) is 1. The van der Waals surface area contributed by atoms with Gasteiger partial charge in [0.2, 0.25) is 0 Å². The smallest absolute Gasteiger partial charge is 0.195 e. The summed E-state index contributed by atoms with van der Waals surface area (Å²) in [4.78, 5) is 27.6. The lowest BCUT2D eigenvalue weighted by molar-refractivity contribution is 0.0839. The van der Waals surface area contributed by atoms with Crippen LogP contribution in [-0.4, -0.2) is 30.3 Å². The van der Waals surface area contributed by atoms with Crippen LogP contribution in [0.2, 0.25) is 5.02 Å². The first-order chi connectivity index (χ1) is 15.0. The second kappa shape index (κ2) is 9.75. The highest BCUT2D eigenvalue weighted by Crippen LogP contribution is 2.23. The van der Waals surface area contributed by atoms with E-state index < -0.39 is 0 Å². The average molecular weight is 442 g/mol. The Kier molecular flexibility index (Phi) is 6.83. The minimum Gasteiger partial charge on any atom is -0.464 e. The Morgan fingerprint density at radius 3 is 2.58 bits per heavy atom. The van der Waals surface area contributed by atoms with E-state index in [4.69, 9.17) is 16.0 Å². The zero-order chi connectivity index (χ0) is 21.8. The standard InChI is InChI=1S/C25H25ClFNO3/c26-20-6-9-23-22(15-20)25(30)19(16-31-23)3-1-2-12-28-13-10-18(11-14-28)24(29)17-4-7-21(27)8-5-17/h4-9,15-16,18H,1-3,10-14H2. The van der Waals surface area contributed by atoms with Crippen LogP contribution in [0, 0.1) is 11.7 Å². The van der Waals surface area contributed by atoms with E-state index in [1.54, 1.807) is 36.6 Å². The van der Waals surface area contributed by atoms with Crippen LogP contribution in [0.25, 0.3) is 11.0 Å².